The summed E-state index contributed by atoms with van der Waals surface area (Å²) in [5.41, 5.74) is 1.29. The van der Waals surface area contributed by atoms with Crippen LogP contribution >= 0.6 is 0 Å². The Morgan fingerprint density at radius 1 is 0.966 bits per heavy atom. The first-order valence-electron chi connectivity index (χ1n) is 10.7. The van der Waals surface area contributed by atoms with Gasteiger partial charge >= 0.3 is 5.97 Å². The second-order valence-electron chi connectivity index (χ2n) is 8.24. The van der Waals surface area contributed by atoms with Crippen molar-refractivity contribution in [3.8, 4) is 0 Å². The highest BCUT2D eigenvalue weighted by Gasteiger charge is 2.52. The second kappa shape index (κ2) is 7.51. The molecule has 1 aromatic heterocycles. The fourth-order valence-electron chi connectivity index (χ4n) is 5.02. The lowest BCUT2D eigenvalue weighted by atomic mass is 9.72. The number of rotatable bonds is 4. The van der Waals surface area contributed by atoms with Gasteiger partial charge in [-0.25, -0.2) is 9.13 Å². The van der Waals surface area contributed by atoms with Crippen LogP contribution in [0.15, 0.2) is 73.1 Å². The minimum absolute atomic E-state index is 0.134. The first kappa shape index (κ1) is 18.2. The summed E-state index contributed by atoms with van der Waals surface area (Å²) in [5, 5.41) is 0. The van der Waals surface area contributed by atoms with Gasteiger partial charge in [-0.05, 0) is 30.4 Å². The van der Waals surface area contributed by atoms with Gasteiger partial charge in [0.1, 0.15) is 30.5 Å². The standard InChI is InChI=1S/C25H27N2O2/c28-24-25(20-10-4-1-5-11-20,21-12-6-2-7-13-21)18-22(29-24)19-27-17-16-26-15-9-3-8-14-23(26)27/h1-2,4-7,10-13,16-17,22H,3,8-9,14-15,18-19H2/q+1. The van der Waals surface area contributed by atoms with E-state index in [0.717, 1.165) is 30.6 Å². The second-order valence-corrected chi connectivity index (χ2v) is 8.24. The molecule has 4 heteroatoms. The van der Waals surface area contributed by atoms with E-state index in [2.05, 4.69) is 21.5 Å². The summed E-state index contributed by atoms with van der Waals surface area (Å²) in [4.78, 5) is 13.3. The van der Waals surface area contributed by atoms with Crippen molar-refractivity contribution < 1.29 is 14.1 Å². The highest BCUT2D eigenvalue weighted by Crippen LogP contribution is 2.43. The van der Waals surface area contributed by atoms with E-state index in [1.807, 2.05) is 60.7 Å². The van der Waals surface area contributed by atoms with E-state index in [9.17, 15) is 4.79 Å². The van der Waals surface area contributed by atoms with Crippen LogP contribution in [-0.4, -0.2) is 16.6 Å². The molecule has 3 aromatic rings. The zero-order chi connectivity index (χ0) is 19.7. The zero-order valence-electron chi connectivity index (χ0n) is 16.7. The number of imidazole rings is 1. The minimum atomic E-state index is -0.732. The molecular weight excluding hydrogens is 360 g/mol. The van der Waals surface area contributed by atoms with Crippen LogP contribution in [-0.2, 0) is 34.5 Å². The van der Waals surface area contributed by atoms with Gasteiger partial charge in [0.2, 0.25) is 0 Å². The Kier molecular flexibility index (Phi) is 4.70. The summed E-state index contributed by atoms with van der Waals surface area (Å²) in [7, 11) is 0. The number of nitrogens with zero attached hydrogens (tertiary/aromatic N) is 2. The molecule has 0 radical (unpaired) electrons. The van der Waals surface area contributed by atoms with Crippen molar-refractivity contribution in [2.24, 2.45) is 0 Å². The fraction of sp³-hybridized carbons (Fsp3) is 0.360. The van der Waals surface area contributed by atoms with Crippen LogP contribution in [0.4, 0.5) is 0 Å². The van der Waals surface area contributed by atoms with Gasteiger partial charge in [-0.3, -0.25) is 4.79 Å². The lowest BCUT2D eigenvalue weighted by Crippen LogP contribution is -2.36. The number of cyclic esters (lactones) is 1. The number of esters is 1. The summed E-state index contributed by atoms with van der Waals surface area (Å²) >= 11 is 0. The summed E-state index contributed by atoms with van der Waals surface area (Å²) < 4.78 is 10.7. The van der Waals surface area contributed by atoms with E-state index >= 15 is 0 Å². The predicted octanol–water partition coefficient (Wildman–Crippen LogP) is 3.80. The van der Waals surface area contributed by atoms with Crippen LogP contribution in [0.2, 0.25) is 0 Å². The van der Waals surface area contributed by atoms with Crippen molar-refractivity contribution in [3.05, 3.63) is 90.0 Å². The Hall–Kier alpha value is -2.88. The topological polar surface area (TPSA) is 35.1 Å². The van der Waals surface area contributed by atoms with Crippen molar-refractivity contribution in [3.63, 3.8) is 0 Å². The molecule has 1 saturated heterocycles. The maximum atomic E-state index is 13.3. The van der Waals surface area contributed by atoms with Crippen LogP contribution in [0.1, 0.15) is 42.6 Å². The Morgan fingerprint density at radius 3 is 2.34 bits per heavy atom. The number of hydrogen-bond acceptors (Lipinski definition) is 2. The van der Waals surface area contributed by atoms with Crippen LogP contribution in [0.5, 0.6) is 0 Å². The molecule has 0 amide bonds. The van der Waals surface area contributed by atoms with Crippen molar-refractivity contribution in [2.45, 2.75) is 56.7 Å². The number of carbonyl (C=O) groups is 1. The molecule has 2 aliphatic heterocycles. The molecule has 2 aromatic carbocycles. The largest absolute Gasteiger partial charge is 0.457 e. The molecule has 148 valence electrons. The molecule has 0 saturated carbocycles. The molecule has 0 N–H and O–H groups in total. The van der Waals surface area contributed by atoms with E-state index in [-0.39, 0.29) is 12.1 Å². The number of fused-ring (bicyclic) bond motifs is 1. The van der Waals surface area contributed by atoms with Crippen LogP contribution in [0.3, 0.4) is 0 Å². The van der Waals surface area contributed by atoms with Gasteiger partial charge in [0.25, 0.3) is 5.82 Å². The van der Waals surface area contributed by atoms with Crippen LogP contribution in [0, 0.1) is 0 Å². The Labute approximate surface area is 171 Å². The van der Waals surface area contributed by atoms with Gasteiger partial charge < -0.3 is 4.74 Å². The normalized spacial score (nSPS) is 20.7. The zero-order valence-corrected chi connectivity index (χ0v) is 16.7. The Balaban J connectivity index is 1.48. The van der Waals surface area contributed by atoms with Crippen LogP contribution in [0.25, 0.3) is 0 Å². The summed E-state index contributed by atoms with van der Waals surface area (Å²) in [6.45, 7) is 1.81. The molecule has 2 aliphatic rings. The van der Waals surface area contributed by atoms with Crippen molar-refractivity contribution in [2.75, 3.05) is 0 Å². The molecule has 0 spiro atoms. The predicted molar refractivity (Wildman–Crippen MR) is 110 cm³/mol. The van der Waals surface area contributed by atoms with Crippen molar-refractivity contribution >= 4 is 5.97 Å². The van der Waals surface area contributed by atoms with E-state index < -0.39 is 5.41 Å². The number of benzene rings is 2. The van der Waals surface area contributed by atoms with Gasteiger partial charge in [-0.1, -0.05) is 60.7 Å². The number of aryl methyl sites for hydroxylation is 1. The van der Waals surface area contributed by atoms with Gasteiger partial charge in [-0.2, -0.15) is 0 Å². The molecule has 4 nitrogen and oxygen atoms in total. The maximum Gasteiger partial charge on any atom is 0.321 e. The van der Waals surface area contributed by atoms with Gasteiger partial charge in [-0.15, -0.1) is 0 Å². The molecule has 3 heterocycles. The number of ether oxygens (including phenoxy) is 1. The van der Waals surface area contributed by atoms with Gasteiger partial charge in [0, 0.05) is 12.8 Å². The maximum absolute atomic E-state index is 13.3. The molecule has 0 aliphatic carbocycles. The monoisotopic (exact) mass is 387 g/mol. The number of hydrogen-bond donors (Lipinski definition) is 0. The van der Waals surface area contributed by atoms with E-state index in [4.69, 9.17) is 4.74 Å². The highest BCUT2D eigenvalue weighted by molar-refractivity contribution is 5.89. The third kappa shape index (κ3) is 3.17. The first-order valence-corrected chi connectivity index (χ1v) is 10.7. The highest BCUT2D eigenvalue weighted by atomic mass is 16.6. The third-order valence-corrected chi connectivity index (χ3v) is 6.48. The lowest BCUT2D eigenvalue weighted by Gasteiger charge is -2.26. The Bertz CT molecular complexity index is 955. The van der Waals surface area contributed by atoms with E-state index in [1.54, 1.807) is 0 Å². The SMILES string of the molecule is O=C1OC(Cn2cc[n+]3c2CCCCC3)CC1(c1ccccc1)c1ccccc1. The average Bonchev–Trinajstić information content (AvgIpc) is 3.20. The number of aromatic nitrogens is 2. The molecule has 0 bridgehead atoms. The molecule has 1 unspecified atom stereocenters. The van der Waals surface area contributed by atoms with Gasteiger partial charge in [0.15, 0.2) is 0 Å². The molecule has 29 heavy (non-hydrogen) atoms. The van der Waals surface area contributed by atoms with E-state index in [0.29, 0.717) is 6.42 Å². The molecule has 5 rings (SSSR count). The molecular formula is C25H27N2O2+. The summed E-state index contributed by atoms with van der Waals surface area (Å²) in [6.07, 6.45) is 9.71. The fourth-order valence-corrected chi connectivity index (χ4v) is 5.02. The van der Waals surface area contributed by atoms with Crippen molar-refractivity contribution in [1.29, 1.82) is 0 Å². The minimum Gasteiger partial charge on any atom is -0.457 e. The lowest BCUT2D eigenvalue weighted by molar-refractivity contribution is -0.702. The smallest absolute Gasteiger partial charge is 0.321 e. The molecule has 1 atom stereocenters. The van der Waals surface area contributed by atoms with Crippen molar-refractivity contribution in [1.82, 2.24) is 4.57 Å². The van der Waals surface area contributed by atoms with Crippen LogP contribution < -0.4 is 4.57 Å². The third-order valence-electron chi connectivity index (χ3n) is 6.48. The first-order chi connectivity index (χ1) is 14.3. The number of carbonyl (C=O) groups excluding carboxylic acids is 1. The Morgan fingerprint density at radius 2 is 1.66 bits per heavy atom. The summed E-state index contributed by atoms with van der Waals surface area (Å²) in [5.74, 6) is 1.22. The quantitative estimate of drug-likeness (QED) is 0.504. The summed E-state index contributed by atoms with van der Waals surface area (Å²) in [6, 6.07) is 20.2. The van der Waals surface area contributed by atoms with Gasteiger partial charge in [0.05, 0.1) is 6.54 Å². The molecule has 1 fully saturated rings. The average molecular weight is 388 g/mol. The van der Waals surface area contributed by atoms with E-state index in [1.165, 1.54) is 25.1 Å².